The summed E-state index contributed by atoms with van der Waals surface area (Å²) in [5, 5.41) is 3.95. The molecule has 3 rings (SSSR count). The number of halogens is 2. The molecule has 0 aliphatic rings. The molecule has 0 saturated carbocycles. The number of hydrogen-bond donors (Lipinski definition) is 1. The number of benzene rings is 3. The van der Waals surface area contributed by atoms with Gasteiger partial charge in [0.2, 0.25) is 0 Å². The quantitative estimate of drug-likeness (QED) is 0.350. The van der Waals surface area contributed by atoms with Crippen molar-refractivity contribution in [2.75, 3.05) is 19.0 Å². The topological polar surface area (TPSA) is 39.7 Å². The zero-order valence-electron chi connectivity index (χ0n) is 17.3. The molecule has 0 fully saturated rings. The number of aryl methyl sites for hydroxylation is 1. The summed E-state index contributed by atoms with van der Waals surface area (Å²) < 4.78 is 18.0. The SMILES string of the molecule is CCOc1cc(CNc2ccc(OC)c(Cl)c2)c(Br)cc1OCc1cccc(C)c1. The van der Waals surface area contributed by atoms with E-state index in [0.717, 1.165) is 27.0 Å². The molecule has 3 aromatic rings. The summed E-state index contributed by atoms with van der Waals surface area (Å²) in [7, 11) is 1.60. The molecule has 0 bridgehead atoms. The molecule has 0 aromatic heterocycles. The largest absolute Gasteiger partial charge is 0.495 e. The van der Waals surface area contributed by atoms with Crippen LogP contribution in [0.3, 0.4) is 0 Å². The van der Waals surface area contributed by atoms with Gasteiger partial charge >= 0.3 is 0 Å². The van der Waals surface area contributed by atoms with E-state index in [1.807, 2.05) is 43.3 Å². The van der Waals surface area contributed by atoms with Crippen molar-refractivity contribution in [2.24, 2.45) is 0 Å². The Morgan fingerprint density at radius 2 is 1.77 bits per heavy atom. The van der Waals surface area contributed by atoms with Gasteiger partial charge in [-0.3, -0.25) is 0 Å². The van der Waals surface area contributed by atoms with Crippen molar-refractivity contribution in [3.8, 4) is 17.2 Å². The number of ether oxygens (including phenoxy) is 3. The highest BCUT2D eigenvalue weighted by Gasteiger charge is 2.12. The summed E-state index contributed by atoms with van der Waals surface area (Å²) in [6, 6.07) is 17.9. The average molecular weight is 491 g/mol. The van der Waals surface area contributed by atoms with Gasteiger partial charge < -0.3 is 19.5 Å². The summed E-state index contributed by atoms with van der Waals surface area (Å²) in [4.78, 5) is 0. The molecule has 0 amide bonds. The third-order valence-corrected chi connectivity index (χ3v) is 5.56. The Balaban J connectivity index is 1.74. The summed E-state index contributed by atoms with van der Waals surface area (Å²) >= 11 is 9.87. The standard InChI is InChI=1S/C24H25BrClNO3/c1-4-29-23-11-18(14-27-19-8-9-22(28-3)21(26)12-19)20(25)13-24(23)30-15-17-7-5-6-16(2)10-17/h5-13,27H,4,14-15H2,1-3H3. The minimum Gasteiger partial charge on any atom is -0.495 e. The van der Waals surface area contributed by atoms with Crippen molar-refractivity contribution in [1.82, 2.24) is 0 Å². The van der Waals surface area contributed by atoms with Gasteiger partial charge in [-0.1, -0.05) is 57.4 Å². The van der Waals surface area contributed by atoms with E-state index in [1.54, 1.807) is 7.11 Å². The summed E-state index contributed by atoms with van der Waals surface area (Å²) in [5.74, 6) is 2.08. The lowest BCUT2D eigenvalue weighted by Gasteiger charge is -2.16. The number of methoxy groups -OCH3 is 1. The predicted molar refractivity (Wildman–Crippen MR) is 126 cm³/mol. The van der Waals surface area contributed by atoms with Gasteiger partial charge in [0, 0.05) is 16.7 Å². The van der Waals surface area contributed by atoms with Gasteiger partial charge in [-0.2, -0.15) is 0 Å². The first kappa shape index (κ1) is 22.3. The highest BCUT2D eigenvalue weighted by molar-refractivity contribution is 9.10. The minimum atomic E-state index is 0.482. The van der Waals surface area contributed by atoms with Crippen LogP contribution in [0.4, 0.5) is 5.69 Å². The van der Waals surface area contributed by atoms with E-state index < -0.39 is 0 Å². The summed E-state index contributed by atoms with van der Waals surface area (Å²) in [6.07, 6.45) is 0. The predicted octanol–water partition coefficient (Wildman–Crippen LogP) is 7.01. The van der Waals surface area contributed by atoms with E-state index in [-0.39, 0.29) is 0 Å². The molecular formula is C24H25BrClNO3. The second-order valence-electron chi connectivity index (χ2n) is 6.80. The van der Waals surface area contributed by atoms with E-state index in [4.69, 9.17) is 25.8 Å². The molecule has 0 aliphatic heterocycles. The van der Waals surface area contributed by atoms with Crippen molar-refractivity contribution in [3.05, 3.63) is 80.8 Å². The van der Waals surface area contributed by atoms with Gasteiger partial charge in [-0.15, -0.1) is 0 Å². The Morgan fingerprint density at radius 3 is 2.47 bits per heavy atom. The maximum atomic E-state index is 6.21. The van der Waals surface area contributed by atoms with Crippen LogP contribution in [0.5, 0.6) is 17.2 Å². The first-order valence-electron chi connectivity index (χ1n) is 9.71. The molecular weight excluding hydrogens is 466 g/mol. The molecule has 6 heteroatoms. The Labute approximate surface area is 191 Å². The molecule has 0 radical (unpaired) electrons. The van der Waals surface area contributed by atoms with Gasteiger partial charge in [0.15, 0.2) is 11.5 Å². The third-order valence-electron chi connectivity index (χ3n) is 4.52. The number of nitrogens with one attached hydrogen (secondary N) is 1. The van der Waals surface area contributed by atoms with Gasteiger partial charge in [0.25, 0.3) is 0 Å². The van der Waals surface area contributed by atoms with Crippen LogP contribution < -0.4 is 19.5 Å². The van der Waals surface area contributed by atoms with E-state index in [9.17, 15) is 0 Å². The van der Waals surface area contributed by atoms with Crippen molar-refractivity contribution < 1.29 is 14.2 Å². The molecule has 0 atom stereocenters. The van der Waals surface area contributed by atoms with Gasteiger partial charge in [0.05, 0.1) is 18.7 Å². The fourth-order valence-electron chi connectivity index (χ4n) is 3.03. The summed E-state index contributed by atoms with van der Waals surface area (Å²) in [5.41, 5.74) is 4.29. The molecule has 0 spiro atoms. The van der Waals surface area contributed by atoms with Crippen LogP contribution in [-0.4, -0.2) is 13.7 Å². The minimum absolute atomic E-state index is 0.482. The molecule has 158 valence electrons. The van der Waals surface area contributed by atoms with Crippen LogP contribution in [0.25, 0.3) is 0 Å². The van der Waals surface area contributed by atoms with Crippen LogP contribution >= 0.6 is 27.5 Å². The Hall–Kier alpha value is -2.37. The Bertz CT molecular complexity index is 1010. The van der Waals surface area contributed by atoms with E-state index in [2.05, 4.69) is 46.4 Å². The lowest BCUT2D eigenvalue weighted by Crippen LogP contribution is -2.04. The zero-order valence-corrected chi connectivity index (χ0v) is 19.6. The first-order chi connectivity index (χ1) is 14.5. The Morgan fingerprint density at radius 1 is 0.967 bits per heavy atom. The maximum Gasteiger partial charge on any atom is 0.162 e. The van der Waals surface area contributed by atoms with Crippen molar-refractivity contribution in [2.45, 2.75) is 27.0 Å². The Kier molecular flexibility index (Phi) is 7.88. The second-order valence-corrected chi connectivity index (χ2v) is 8.07. The molecule has 1 N–H and O–H groups in total. The van der Waals surface area contributed by atoms with Gasteiger partial charge in [-0.25, -0.2) is 0 Å². The highest BCUT2D eigenvalue weighted by Crippen LogP contribution is 2.35. The number of hydrogen-bond acceptors (Lipinski definition) is 4. The van der Waals surface area contributed by atoms with Crippen LogP contribution in [0.1, 0.15) is 23.6 Å². The van der Waals surface area contributed by atoms with Crippen LogP contribution in [0, 0.1) is 6.92 Å². The average Bonchev–Trinajstić information content (AvgIpc) is 2.73. The van der Waals surface area contributed by atoms with Crippen LogP contribution in [0.15, 0.2) is 59.1 Å². The number of anilines is 1. The van der Waals surface area contributed by atoms with Crippen molar-refractivity contribution >= 4 is 33.2 Å². The molecule has 4 nitrogen and oxygen atoms in total. The fraction of sp³-hybridized carbons (Fsp3) is 0.250. The zero-order chi connectivity index (χ0) is 21.5. The van der Waals surface area contributed by atoms with Crippen molar-refractivity contribution in [3.63, 3.8) is 0 Å². The monoisotopic (exact) mass is 489 g/mol. The van der Waals surface area contributed by atoms with E-state index in [1.165, 1.54) is 5.56 Å². The van der Waals surface area contributed by atoms with Crippen LogP contribution in [0.2, 0.25) is 5.02 Å². The third kappa shape index (κ3) is 5.83. The van der Waals surface area contributed by atoms with Gasteiger partial charge in [-0.05, 0) is 55.3 Å². The number of rotatable bonds is 9. The maximum absolute atomic E-state index is 6.21. The lowest BCUT2D eigenvalue weighted by molar-refractivity contribution is 0.269. The molecule has 3 aromatic carbocycles. The molecule has 0 unspecified atom stereocenters. The molecule has 0 aliphatic carbocycles. The second kappa shape index (κ2) is 10.6. The lowest BCUT2D eigenvalue weighted by atomic mass is 10.1. The molecule has 30 heavy (non-hydrogen) atoms. The fourth-order valence-corrected chi connectivity index (χ4v) is 3.75. The summed E-state index contributed by atoms with van der Waals surface area (Å²) in [6.45, 7) is 5.67. The van der Waals surface area contributed by atoms with Gasteiger partial charge in [0.1, 0.15) is 12.4 Å². The highest BCUT2D eigenvalue weighted by atomic mass is 79.9. The first-order valence-corrected chi connectivity index (χ1v) is 10.9. The van der Waals surface area contributed by atoms with E-state index >= 15 is 0 Å². The molecule has 0 heterocycles. The normalized spacial score (nSPS) is 10.6. The smallest absolute Gasteiger partial charge is 0.162 e. The van der Waals surface area contributed by atoms with Crippen molar-refractivity contribution in [1.29, 1.82) is 0 Å². The van der Waals surface area contributed by atoms with Crippen LogP contribution in [-0.2, 0) is 13.2 Å². The van der Waals surface area contributed by atoms with E-state index in [0.29, 0.717) is 36.3 Å². The molecule has 0 saturated heterocycles.